The molecule has 0 aliphatic carbocycles. The number of imidazole rings is 1. The normalized spacial score (nSPS) is 10.1. The predicted molar refractivity (Wildman–Crippen MR) is 66.5 cm³/mol. The molecular formula is C13H18N2O2. The van der Waals surface area contributed by atoms with Gasteiger partial charge in [-0.25, -0.2) is 9.78 Å². The third kappa shape index (κ3) is 3.06. The van der Waals surface area contributed by atoms with Gasteiger partial charge in [0.15, 0.2) is 0 Å². The number of carbonyl (C=O) groups excluding carboxylic acids is 1. The summed E-state index contributed by atoms with van der Waals surface area (Å²) in [7, 11) is 0. The molecule has 92 valence electrons. The Hall–Kier alpha value is -1.84. The van der Waals surface area contributed by atoms with Crippen LogP contribution < -0.4 is 0 Å². The fraction of sp³-hybridized carbons (Fsp3) is 0.385. The van der Waals surface area contributed by atoms with E-state index in [2.05, 4.69) is 18.1 Å². The Bertz CT molecular complexity index is 458. The summed E-state index contributed by atoms with van der Waals surface area (Å²) >= 11 is 0. The van der Waals surface area contributed by atoms with Gasteiger partial charge in [-0.15, -0.1) is 6.58 Å². The minimum absolute atomic E-state index is 0.161. The van der Waals surface area contributed by atoms with E-state index < -0.39 is 5.97 Å². The highest BCUT2D eigenvalue weighted by atomic mass is 16.5. The average molecular weight is 234 g/mol. The molecule has 0 amide bonds. The van der Waals surface area contributed by atoms with Crippen LogP contribution in [0.1, 0.15) is 24.1 Å². The average Bonchev–Trinajstić information content (AvgIpc) is 2.54. The molecule has 0 fully saturated rings. The van der Waals surface area contributed by atoms with Crippen molar-refractivity contribution in [2.45, 2.75) is 33.9 Å². The zero-order valence-corrected chi connectivity index (χ0v) is 10.6. The second-order valence-corrected chi connectivity index (χ2v) is 3.95. The van der Waals surface area contributed by atoms with Gasteiger partial charge < -0.3 is 9.30 Å². The van der Waals surface area contributed by atoms with Crippen molar-refractivity contribution >= 4 is 5.97 Å². The number of hydrogen-bond acceptors (Lipinski definition) is 3. The Labute approximate surface area is 102 Å². The van der Waals surface area contributed by atoms with Crippen LogP contribution in [-0.2, 0) is 22.7 Å². The van der Waals surface area contributed by atoms with Gasteiger partial charge in [-0.3, -0.25) is 0 Å². The van der Waals surface area contributed by atoms with Gasteiger partial charge >= 0.3 is 5.97 Å². The maximum absolute atomic E-state index is 11.3. The third-order valence-corrected chi connectivity index (χ3v) is 2.53. The lowest BCUT2D eigenvalue weighted by Gasteiger charge is -2.08. The number of carbonyl (C=O) groups is 1. The van der Waals surface area contributed by atoms with Crippen molar-refractivity contribution in [2.24, 2.45) is 0 Å². The molecule has 0 unspecified atom stereocenters. The summed E-state index contributed by atoms with van der Waals surface area (Å²) in [5.41, 5.74) is 2.39. The van der Waals surface area contributed by atoms with Crippen LogP contribution in [0.25, 0.3) is 0 Å². The number of rotatable bonds is 5. The quantitative estimate of drug-likeness (QED) is 0.446. The Balaban J connectivity index is 2.83. The van der Waals surface area contributed by atoms with E-state index in [1.807, 2.05) is 18.4 Å². The van der Waals surface area contributed by atoms with Crippen LogP contribution in [0.3, 0.4) is 0 Å². The van der Waals surface area contributed by atoms with Crippen molar-refractivity contribution in [1.29, 1.82) is 0 Å². The second-order valence-electron chi connectivity index (χ2n) is 3.95. The Kier molecular flexibility index (Phi) is 4.26. The highest BCUT2D eigenvalue weighted by Gasteiger charge is 2.12. The van der Waals surface area contributed by atoms with Crippen LogP contribution in [0, 0.1) is 13.8 Å². The summed E-state index contributed by atoms with van der Waals surface area (Å²) in [5, 5.41) is 0. The number of aromatic nitrogens is 2. The number of aryl methyl sites for hydroxylation is 1. The summed E-state index contributed by atoms with van der Waals surface area (Å²) in [6, 6.07) is 0. The SMILES string of the molecule is C=CCn1c(COC(=O)C(=C)C)nc(C)c1C. The van der Waals surface area contributed by atoms with Gasteiger partial charge in [-0.05, 0) is 20.8 Å². The van der Waals surface area contributed by atoms with E-state index in [1.165, 1.54) is 0 Å². The molecule has 0 spiro atoms. The van der Waals surface area contributed by atoms with Gasteiger partial charge in [-0.2, -0.15) is 0 Å². The summed E-state index contributed by atoms with van der Waals surface area (Å²) in [6.07, 6.45) is 1.79. The molecule has 17 heavy (non-hydrogen) atoms. The standard InChI is InChI=1S/C13H18N2O2/c1-6-7-15-11(5)10(4)14-12(15)8-17-13(16)9(2)3/h6H,1-2,7-8H2,3-5H3. The molecule has 1 rings (SSSR count). The van der Waals surface area contributed by atoms with Crippen molar-refractivity contribution in [3.63, 3.8) is 0 Å². The molecule has 0 bridgehead atoms. The van der Waals surface area contributed by atoms with E-state index in [1.54, 1.807) is 13.0 Å². The lowest BCUT2D eigenvalue weighted by Crippen LogP contribution is -2.10. The van der Waals surface area contributed by atoms with E-state index in [0.29, 0.717) is 12.1 Å². The molecule has 0 saturated carbocycles. The van der Waals surface area contributed by atoms with Crippen LogP contribution in [0.2, 0.25) is 0 Å². The highest BCUT2D eigenvalue weighted by molar-refractivity contribution is 5.86. The van der Waals surface area contributed by atoms with E-state index in [9.17, 15) is 4.79 Å². The van der Waals surface area contributed by atoms with E-state index >= 15 is 0 Å². The topological polar surface area (TPSA) is 44.1 Å². The molecule has 0 radical (unpaired) electrons. The molecule has 0 aromatic carbocycles. The van der Waals surface area contributed by atoms with E-state index in [-0.39, 0.29) is 6.61 Å². The maximum Gasteiger partial charge on any atom is 0.333 e. The highest BCUT2D eigenvalue weighted by Crippen LogP contribution is 2.11. The van der Waals surface area contributed by atoms with Crippen LogP contribution in [-0.4, -0.2) is 15.5 Å². The lowest BCUT2D eigenvalue weighted by atomic mass is 10.4. The summed E-state index contributed by atoms with van der Waals surface area (Å²) < 4.78 is 7.07. The minimum atomic E-state index is -0.395. The first-order valence-electron chi connectivity index (χ1n) is 5.43. The number of nitrogens with zero attached hydrogens (tertiary/aromatic N) is 2. The molecule has 4 heteroatoms. The van der Waals surface area contributed by atoms with Crippen LogP contribution >= 0.6 is 0 Å². The molecule has 0 aliphatic rings. The predicted octanol–water partition coefficient (Wildman–Crippen LogP) is 2.31. The fourth-order valence-electron chi connectivity index (χ4n) is 1.46. The summed E-state index contributed by atoms with van der Waals surface area (Å²) in [5.74, 6) is 0.336. The van der Waals surface area contributed by atoms with Gasteiger partial charge in [0.1, 0.15) is 12.4 Å². The first kappa shape index (κ1) is 13.2. The molecule has 0 N–H and O–H groups in total. The van der Waals surface area contributed by atoms with Crippen LogP contribution in [0.5, 0.6) is 0 Å². The lowest BCUT2D eigenvalue weighted by molar-refractivity contribution is -0.140. The minimum Gasteiger partial charge on any atom is -0.454 e. The number of allylic oxidation sites excluding steroid dienone is 1. The van der Waals surface area contributed by atoms with Gasteiger partial charge in [0, 0.05) is 17.8 Å². The van der Waals surface area contributed by atoms with Crippen molar-refractivity contribution in [3.05, 3.63) is 42.0 Å². The van der Waals surface area contributed by atoms with Crippen molar-refractivity contribution in [1.82, 2.24) is 9.55 Å². The largest absolute Gasteiger partial charge is 0.454 e. The second kappa shape index (κ2) is 5.48. The van der Waals surface area contributed by atoms with Gasteiger partial charge in [0.25, 0.3) is 0 Å². The first-order chi connectivity index (χ1) is 7.97. The Morgan fingerprint density at radius 3 is 2.71 bits per heavy atom. The van der Waals surface area contributed by atoms with E-state index in [0.717, 1.165) is 17.2 Å². The fourth-order valence-corrected chi connectivity index (χ4v) is 1.46. The number of ether oxygens (including phenoxy) is 1. The maximum atomic E-state index is 11.3. The summed E-state index contributed by atoms with van der Waals surface area (Å²) in [6.45, 7) is 13.6. The third-order valence-electron chi connectivity index (χ3n) is 2.53. The van der Waals surface area contributed by atoms with Gasteiger partial charge in [0.2, 0.25) is 0 Å². The number of hydrogen-bond donors (Lipinski definition) is 0. The van der Waals surface area contributed by atoms with Crippen LogP contribution in [0.15, 0.2) is 24.8 Å². The molecule has 0 aliphatic heterocycles. The van der Waals surface area contributed by atoms with Crippen molar-refractivity contribution in [2.75, 3.05) is 0 Å². The van der Waals surface area contributed by atoms with Crippen molar-refractivity contribution < 1.29 is 9.53 Å². The zero-order chi connectivity index (χ0) is 13.0. The first-order valence-corrected chi connectivity index (χ1v) is 5.43. The number of esters is 1. The Morgan fingerprint density at radius 2 is 2.18 bits per heavy atom. The zero-order valence-electron chi connectivity index (χ0n) is 10.6. The molecule has 1 heterocycles. The van der Waals surface area contributed by atoms with Crippen molar-refractivity contribution in [3.8, 4) is 0 Å². The monoisotopic (exact) mass is 234 g/mol. The van der Waals surface area contributed by atoms with Gasteiger partial charge in [-0.1, -0.05) is 12.7 Å². The smallest absolute Gasteiger partial charge is 0.333 e. The van der Waals surface area contributed by atoms with E-state index in [4.69, 9.17) is 4.74 Å². The molecule has 4 nitrogen and oxygen atoms in total. The molecular weight excluding hydrogens is 216 g/mol. The molecule has 0 atom stereocenters. The molecule has 0 saturated heterocycles. The van der Waals surface area contributed by atoms with Gasteiger partial charge in [0.05, 0.1) is 5.69 Å². The molecule has 1 aromatic heterocycles. The summed E-state index contributed by atoms with van der Waals surface area (Å²) in [4.78, 5) is 15.7. The Morgan fingerprint density at radius 1 is 1.53 bits per heavy atom. The molecule has 1 aromatic rings. The van der Waals surface area contributed by atoms with Crippen LogP contribution in [0.4, 0.5) is 0 Å².